The molecule has 7 heteroatoms. The lowest BCUT2D eigenvalue weighted by atomic mass is 9.93. The monoisotopic (exact) mass is 312 g/mol. The number of nitrogens with two attached hydrogens (primary N) is 1. The van der Waals surface area contributed by atoms with E-state index in [4.69, 9.17) is 22.1 Å². The lowest BCUT2D eigenvalue weighted by molar-refractivity contribution is 0.0204. The van der Waals surface area contributed by atoms with Crippen molar-refractivity contribution < 1.29 is 9.53 Å². The SMILES string of the molecule is CC(C)(C)OC(=O)N1CCC(c2cc(N)nc(Cl)n2)CC1. The Bertz CT molecular complexity index is 502. The number of nitrogens with zero attached hydrogens (tertiary/aromatic N) is 3. The fourth-order valence-electron chi connectivity index (χ4n) is 2.35. The van der Waals surface area contributed by atoms with Crippen LogP contribution in [0.2, 0.25) is 5.28 Å². The van der Waals surface area contributed by atoms with Crippen molar-refractivity contribution in [1.82, 2.24) is 14.9 Å². The van der Waals surface area contributed by atoms with Gasteiger partial charge in [-0.15, -0.1) is 0 Å². The molecule has 1 aromatic heterocycles. The Hall–Kier alpha value is -1.56. The second kappa shape index (κ2) is 6.05. The van der Waals surface area contributed by atoms with Crippen LogP contribution in [-0.4, -0.2) is 39.7 Å². The number of anilines is 1. The van der Waals surface area contributed by atoms with Crippen LogP contribution in [0.15, 0.2) is 6.07 Å². The Morgan fingerprint density at radius 3 is 2.52 bits per heavy atom. The van der Waals surface area contributed by atoms with E-state index in [1.165, 1.54) is 0 Å². The Morgan fingerprint density at radius 1 is 1.38 bits per heavy atom. The van der Waals surface area contributed by atoms with Crippen LogP contribution in [-0.2, 0) is 4.74 Å². The van der Waals surface area contributed by atoms with Gasteiger partial charge < -0.3 is 15.4 Å². The highest BCUT2D eigenvalue weighted by atomic mass is 35.5. The highest BCUT2D eigenvalue weighted by Crippen LogP contribution is 2.28. The zero-order valence-electron chi connectivity index (χ0n) is 12.6. The second-order valence-electron chi connectivity index (χ2n) is 6.23. The molecule has 2 heterocycles. The van der Waals surface area contributed by atoms with Gasteiger partial charge >= 0.3 is 6.09 Å². The molecule has 1 aliphatic heterocycles. The van der Waals surface area contributed by atoms with Crippen LogP contribution in [0.4, 0.5) is 10.6 Å². The number of hydrogen-bond donors (Lipinski definition) is 1. The number of ether oxygens (including phenoxy) is 1. The third-order valence-corrected chi connectivity index (χ3v) is 3.47. The molecule has 2 N–H and O–H groups in total. The van der Waals surface area contributed by atoms with Crippen molar-refractivity contribution >= 4 is 23.5 Å². The summed E-state index contributed by atoms with van der Waals surface area (Å²) in [7, 11) is 0. The van der Waals surface area contributed by atoms with E-state index >= 15 is 0 Å². The van der Waals surface area contributed by atoms with Gasteiger partial charge in [0.2, 0.25) is 5.28 Å². The van der Waals surface area contributed by atoms with Gasteiger partial charge in [-0.3, -0.25) is 0 Å². The first-order chi connectivity index (χ1) is 9.74. The minimum atomic E-state index is -0.470. The molecule has 0 unspecified atom stereocenters. The number of likely N-dealkylation sites (tertiary alicyclic amines) is 1. The Labute approximate surface area is 129 Å². The summed E-state index contributed by atoms with van der Waals surface area (Å²) in [6.07, 6.45) is 1.36. The van der Waals surface area contributed by atoms with Crippen LogP contribution < -0.4 is 5.73 Å². The molecule has 1 saturated heterocycles. The van der Waals surface area contributed by atoms with E-state index in [2.05, 4.69) is 9.97 Å². The number of hydrogen-bond acceptors (Lipinski definition) is 5. The van der Waals surface area contributed by atoms with Gasteiger partial charge in [-0.25, -0.2) is 14.8 Å². The first kappa shape index (κ1) is 15.8. The third-order valence-electron chi connectivity index (χ3n) is 3.30. The van der Waals surface area contributed by atoms with Gasteiger partial charge in [-0.05, 0) is 45.2 Å². The van der Waals surface area contributed by atoms with E-state index in [0.717, 1.165) is 18.5 Å². The van der Waals surface area contributed by atoms with Gasteiger partial charge in [0.1, 0.15) is 11.4 Å². The van der Waals surface area contributed by atoms with Crippen molar-refractivity contribution in [3.05, 3.63) is 17.0 Å². The number of rotatable bonds is 1. The van der Waals surface area contributed by atoms with Gasteiger partial charge in [-0.2, -0.15) is 0 Å². The number of piperidine rings is 1. The van der Waals surface area contributed by atoms with Crippen molar-refractivity contribution in [2.75, 3.05) is 18.8 Å². The van der Waals surface area contributed by atoms with Crippen molar-refractivity contribution in [3.63, 3.8) is 0 Å². The fraction of sp³-hybridized carbons (Fsp3) is 0.643. The summed E-state index contributed by atoms with van der Waals surface area (Å²) >= 11 is 5.83. The molecule has 0 bridgehead atoms. The van der Waals surface area contributed by atoms with E-state index < -0.39 is 5.60 Å². The summed E-state index contributed by atoms with van der Waals surface area (Å²) in [6, 6.07) is 1.75. The molecule has 1 amide bonds. The summed E-state index contributed by atoms with van der Waals surface area (Å²) in [4.78, 5) is 21.8. The molecule has 0 radical (unpaired) electrons. The van der Waals surface area contributed by atoms with Crippen molar-refractivity contribution in [2.45, 2.75) is 45.1 Å². The molecule has 1 aromatic rings. The number of aromatic nitrogens is 2. The van der Waals surface area contributed by atoms with Gasteiger partial charge in [0, 0.05) is 25.1 Å². The molecule has 0 aromatic carbocycles. The van der Waals surface area contributed by atoms with E-state index in [1.54, 1.807) is 11.0 Å². The van der Waals surface area contributed by atoms with Crippen molar-refractivity contribution in [1.29, 1.82) is 0 Å². The molecule has 2 rings (SSSR count). The molecule has 116 valence electrons. The van der Waals surface area contributed by atoms with E-state index in [-0.39, 0.29) is 17.3 Å². The summed E-state index contributed by atoms with van der Waals surface area (Å²) in [5.41, 5.74) is 6.07. The molecular weight excluding hydrogens is 292 g/mol. The van der Waals surface area contributed by atoms with Gasteiger partial charge in [0.25, 0.3) is 0 Å². The molecule has 1 fully saturated rings. The lowest BCUT2D eigenvalue weighted by Crippen LogP contribution is -2.41. The molecule has 0 atom stereocenters. The molecule has 1 aliphatic rings. The van der Waals surface area contributed by atoms with Crippen LogP contribution in [0, 0.1) is 0 Å². The summed E-state index contributed by atoms with van der Waals surface area (Å²) in [5.74, 6) is 0.617. The van der Waals surface area contributed by atoms with E-state index in [1.807, 2.05) is 20.8 Å². The Kier molecular flexibility index (Phi) is 4.56. The maximum Gasteiger partial charge on any atom is 0.410 e. The summed E-state index contributed by atoms with van der Waals surface area (Å²) < 4.78 is 5.38. The Balaban J connectivity index is 1.95. The standard InChI is InChI=1S/C14H21ClN4O2/c1-14(2,3)21-13(20)19-6-4-9(5-7-19)10-8-11(16)18-12(15)17-10/h8-9H,4-7H2,1-3H3,(H2,16,17,18). The normalized spacial score (nSPS) is 16.9. The van der Waals surface area contributed by atoms with Crippen LogP contribution in [0.1, 0.15) is 45.2 Å². The predicted octanol–water partition coefficient (Wildman–Crippen LogP) is 2.83. The van der Waals surface area contributed by atoms with Crippen molar-refractivity contribution in [3.8, 4) is 0 Å². The average molecular weight is 313 g/mol. The van der Waals surface area contributed by atoms with Crippen LogP contribution in [0.3, 0.4) is 0 Å². The quantitative estimate of drug-likeness (QED) is 0.806. The summed E-state index contributed by atoms with van der Waals surface area (Å²) in [6.45, 7) is 6.87. The zero-order valence-corrected chi connectivity index (χ0v) is 13.4. The predicted molar refractivity (Wildman–Crippen MR) is 81.2 cm³/mol. The number of halogens is 1. The largest absolute Gasteiger partial charge is 0.444 e. The highest BCUT2D eigenvalue weighted by Gasteiger charge is 2.28. The third kappa shape index (κ3) is 4.46. The van der Waals surface area contributed by atoms with Gasteiger partial charge in [0.15, 0.2) is 0 Å². The number of carbonyl (C=O) groups is 1. The molecule has 21 heavy (non-hydrogen) atoms. The second-order valence-corrected chi connectivity index (χ2v) is 6.57. The molecular formula is C14H21ClN4O2. The van der Waals surface area contributed by atoms with E-state index in [9.17, 15) is 4.79 Å². The first-order valence-electron chi connectivity index (χ1n) is 7.02. The van der Waals surface area contributed by atoms with Crippen LogP contribution >= 0.6 is 11.6 Å². The minimum Gasteiger partial charge on any atom is -0.444 e. The first-order valence-corrected chi connectivity index (χ1v) is 7.40. The maximum atomic E-state index is 12.0. The molecule has 0 saturated carbocycles. The molecule has 6 nitrogen and oxygen atoms in total. The topological polar surface area (TPSA) is 81.3 Å². The number of carbonyl (C=O) groups excluding carboxylic acids is 1. The molecule has 0 spiro atoms. The summed E-state index contributed by atoms with van der Waals surface area (Å²) in [5, 5.41) is 0.166. The Morgan fingerprint density at radius 2 is 2.00 bits per heavy atom. The fourth-order valence-corrected chi connectivity index (χ4v) is 2.54. The maximum absolute atomic E-state index is 12.0. The van der Waals surface area contributed by atoms with E-state index in [0.29, 0.717) is 18.9 Å². The van der Waals surface area contributed by atoms with Crippen LogP contribution in [0.5, 0.6) is 0 Å². The minimum absolute atomic E-state index is 0.166. The van der Waals surface area contributed by atoms with Gasteiger partial charge in [-0.1, -0.05) is 0 Å². The van der Waals surface area contributed by atoms with Gasteiger partial charge in [0.05, 0.1) is 5.69 Å². The highest BCUT2D eigenvalue weighted by molar-refractivity contribution is 6.28. The number of amides is 1. The smallest absolute Gasteiger partial charge is 0.410 e. The lowest BCUT2D eigenvalue weighted by Gasteiger charge is -2.33. The average Bonchev–Trinajstić information content (AvgIpc) is 2.35. The van der Waals surface area contributed by atoms with Crippen LogP contribution in [0.25, 0.3) is 0 Å². The number of nitrogen functional groups attached to an aromatic ring is 1. The zero-order chi connectivity index (χ0) is 15.6. The van der Waals surface area contributed by atoms with Crippen molar-refractivity contribution in [2.24, 2.45) is 0 Å². The molecule has 0 aliphatic carbocycles.